The highest BCUT2D eigenvalue weighted by atomic mass is 16.1. The molecule has 1 aromatic carbocycles. The number of aryl methyl sites for hydroxylation is 1. The summed E-state index contributed by atoms with van der Waals surface area (Å²) < 4.78 is 0. The molecule has 0 radical (unpaired) electrons. The first-order valence-electron chi connectivity index (χ1n) is 8.27. The molecule has 1 N–H and O–H groups in total. The Labute approximate surface area is 139 Å². The van der Waals surface area contributed by atoms with Gasteiger partial charge >= 0.3 is 0 Å². The first-order valence-corrected chi connectivity index (χ1v) is 8.27. The summed E-state index contributed by atoms with van der Waals surface area (Å²) >= 11 is 0. The summed E-state index contributed by atoms with van der Waals surface area (Å²) in [5.74, 6) is -0.348. The SMILES string of the molecule is CCCCN(/C=C(/C#N)C(=O)Nc1cccc(C)c1C)CCC. The van der Waals surface area contributed by atoms with Crippen LogP contribution in [0.1, 0.15) is 44.2 Å². The van der Waals surface area contributed by atoms with Gasteiger partial charge in [-0.05, 0) is 43.9 Å². The van der Waals surface area contributed by atoms with E-state index in [0.29, 0.717) is 0 Å². The number of hydrogen-bond acceptors (Lipinski definition) is 3. The summed E-state index contributed by atoms with van der Waals surface area (Å²) in [5, 5.41) is 12.2. The Bertz CT molecular complexity index is 599. The Morgan fingerprint density at radius 1 is 1.26 bits per heavy atom. The Balaban J connectivity index is 2.90. The number of rotatable bonds is 8. The molecule has 0 unspecified atom stereocenters. The number of nitrogens with zero attached hydrogens (tertiary/aromatic N) is 2. The van der Waals surface area contributed by atoms with E-state index in [0.717, 1.165) is 49.2 Å². The minimum Gasteiger partial charge on any atom is -0.376 e. The van der Waals surface area contributed by atoms with Crippen molar-refractivity contribution in [3.63, 3.8) is 0 Å². The lowest BCUT2D eigenvalue weighted by Crippen LogP contribution is -2.23. The molecule has 23 heavy (non-hydrogen) atoms. The van der Waals surface area contributed by atoms with E-state index in [1.807, 2.05) is 38.1 Å². The predicted molar refractivity (Wildman–Crippen MR) is 95.0 cm³/mol. The molecule has 1 rings (SSSR count). The number of nitrogens with one attached hydrogen (secondary N) is 1. The van der Waals surface area contributed by atoms with E-state index < -0.39 is 0 Å². The van der Waals surface area contributed by atoms with Crippen molar-refractivity contribution in [1.82, 2.24) is 4.90 Å². The number of carbonyl (C=O) groups excluding carboxylic acids is 1. The summed E-state index contributed by atoms with van der Waals surface area (Å²) in [4.78, 5) is 14.5. The molecule has 0 aromatic heterocycles. The smallest absolute Gasteiger partial charge is 0.267 e. The van der Waals surface area contributed by atoms with E-state index in [-0.39, 0.29) is 11.5 Å². The van der Waals surface area contributed by atoms with E-state index in [4.69, 9.17) is 0 Å². The van der Waals surface area contributed by atoms with Crippen LogP contribution in [0, 0.1) is 25.2 Å². The number of carbonyl (C=O) groups is 1. The van der Waals surface area contributed by atoms with Gasteiger partial charge in [-0.1, -0.05) is 32.4 Å². The highest BCUT2D eigenvalue weighted by Crippen LogP contribution is 2.18. The maximum absolute atomic E-state index is 12.4. The van der Waals surface area contributed by atoms with Crippen molar-refractivity contribution in [2.24, 2.45) is 0 Å². The van der Waals surface area contributed by atoms with Gasteiger partial charge in [0.1, 0.15) is 11.6 Å². The number of benzene rings is 1. The van der Waals surface area contributed by atoms with Crippen molar-refractivity contribution in [3.8, 4) is 6.07 Å². The van der Waals surface area contributed by atoms with E-state index in [1.165, 1.54) is 0 Å². The Kier molecular flexibility index (Phi) is 7.90. The van der Waals surface area contributed by atoms with Gasteiger partial charge in [-0.15, -0.1) is 0 Å². The first kappa shape index (κ1) is 18.8. The third-order valence-electron chi connectivity index (χ3n) is 3.84. The quantitative estimate of drug-likeness (QED) is 0.579. The zero-order valence-electron chi connectivity index (χ0n) is 14.6. The molecule has 4 nitrogen and oxygen atoms in total. The average Bonchev–Trinajstić information content (AvgIpc) is 2.54. The van der Waals surface area contributed by atoms with Gasteiger partial charge in [-0.25, -0.2) is 0 Å². The van der Waals surface area contributed by atoms with Crippen LogP contribution in [0.15, 0.2) is 30.0 Å². The highest BCUT2D eigenvalue weighted by molar-refractivity contribution is 6.06. The number of anilines is 1. The summed E-state index contributed by atoms with van der Waals surface area (Å²) in [7, 11) is 0. The molecule has 0 aliphatic carbocycles. The van der Waals surface area contributed by atoms with Gasteiger partial charge < -0.3 is 10.2 Å². The minimum atomic E-state index is -0.348. The monoisotopic (exact) mass is 313 g/mol. The lowest BCUT2D eigenvalue weighted by molar-refractivity contribution is -0.112. The van der Waals surface area contributed by atoms with Crippen molar-refractivity contribution in [1.29, 1.82) is 5.26 Å². The van der Waals surface area contributed by atoms with Crippen LogP contribution in [-0.4, -0.2) is 23.9 Å². The predicted octanol–water partition coefficient (Wildman–Crippen LogP) is 4.16. The lowest BCUT2D eigenvalue weighted by atomic mass is 10.1. The van der Waals surface area contributed by atoms with Gasteiger partial charge in [0.05, 0.1) is 0 Å². The maximum atomic E-state index is 12.4. The molecule has 4 heteroatoms. The second kappa shape index (κ2) is 9.68. The van der Waals surface area contributed by atoms with Crippen LogP contribution in [0.5, 0.6) is 0 Å². The molecule has 1 amide bonds. The molecule has 1 aromatic rings. The molecule has 0 aliphatic heterocycles. The van der Waals surface area contributed by atoms with Crippen molar-refractivity contribution in [2.75, 3.05) is 18.4 Å². The van der Waals surface area contributed by atoms with Crippen LogP contribution in [-0.2, 0) is 4.79 Å². The standard InChI is InChI=1S/C19H27N3O/c1-5-7-12-22(11-6-2)14-17(13-20)19(23)21-18-10-8-9-15(3)16(18)4/h8-10,14H,5-7,11-12H2,1-4H3,(H,21,23)/b17-14-. The maximum Gasteiger partial charge on any atom is 0.267 e. The second-order valence-electron chi connectivity index (χ2n) is 5.75. The van der Waals surface area contributed by atoms with Crippen LogP contribution in [0.25, 0.3) is 0 Å². The molecule has 0 bridgehead atoms. The molecule has 0 aliphatic rings. The summed E-state index contributed by atoms with van der Waals surface area (Å²) in [6.45, 7) is 9.90. The summed E-state index contributed by atoms with van der Waals surface area (Å²) in [6, 6.07) is 7.79. The molecule has 0 atom stereocenters. The van der Waals surface area contributed by atoms with Gasteiger partial charge in [-0.3, -0.25) is 4.79 Å². The average molecular weight is 313 g/mol. The van der Waals surface area contributed by atoms with Crippen LogP contribution in [0.3, 0.4) is 0 Å². The molecule has 0 fully saturated rings. The fourth-order valence-corrected chi connectivity index (χ4v) is 2.29. The Hall–Kier alpha value is -2.28. The van der Waals surface area contributed by atoms with Crippen molar-refractivity contribution < 1.29 is 4.79 Å². The first-order chi connectivity index (χ1) is 11.0. The van der Waals surface area contributed by atoms with Crippen LogP contribution in [0.2, 0.25) is 0 Å². The van der Waals surface area contributed by atoms with Gasteiger partial charge in [-0.2, -0.15) is 5.26 Å². The molecule has 124 valence electrons. The molecular formula is C19H27N3O. The number of nitriles is 1. The topological polar surface area (TPSA) is 56.1 Å². The Morgan fingerprint density at radius 3 is 2.61 bits per heavy atom. The van der Waals surface area contributed by atoms with Crippen molar-refractivity contribution >= 4 is 11.6 Å². The van der Waals surface area contributed by atoms with Gasteiger partial charge in [0.15, 0.2) is 0 Å². The zero-order chi connectivity index (χ0) is 17.2. The normalized spacial score (nSPS) is 11.0. The minimum absolute atomic E-state index is 0.149. The largest absolute Gasteiger partial charge is 0.376 e. The van der Waals surface area contributed by atoms with E-state index >= 15 is 0 Å². The van der Waals surface area contributed by atoms with E-state index in [1.54, 1.807) is 6.20 Å². The van der Waals surface area contributed by atoms with Gasteiger partial charge in [0.25, 0.3) is 5.91 Å². The third kappa shape index (κ3) is 5.78. The second-order valence-corrected chi connectivity index (χ2v) is 5.75. The molecule has 0 spiro atoms. The molecule has 0 saturated heterocycles. The highest BCUT2D eigenvalue weighted by Gasteiger charge is 2.13. The molecular weight excluding hydrogens is 286 g/mol. The van der Waals surface area contributed by atoms with Crippen LogP contribution in [0.4, 0.5) is 5.69 Å². The lowest BCUT2D eigenvalue weighted by Gasteiger charge is -2.20. The zero-order valence-corrected chi connectivity index (χ0v) is 14.6. The van der Waals surface area contributed by atoms with Gasteiger partial charge in [0.2, 0.25) is 0 Å². The number of unbranched alkanes of at least 4 members (excludes halogenated alkanes) is 1. The summed E-state index contributed by atoms with van der Waals surface area (Å²) in [6.07, 6.45) is 4.82. The number of amides is 1. The van der Waals surface area contributed by atoms with Crippen molar-refractivity contribution in [3.05, 3.63) is 41.1 Å². The molecule has 0 saturated carbocycles. The van der Waals surface area contributed by atoms with Crippen molar-refractivity contribution in [2.45, 2.75) is 47.0 Å². The fourth-order valence-electron chi connectivity index (χ4n) is 2.29. The van der Waals surface area contributed by atoms with Crippen LogP contribution < -0.4 is 5.32 Å². The van der Waals surface area contributed by atoms with Crippen LogP contribution >= 0.6 is 0 Å². The number of hydrogen-bond donors (Lipinski definition) is 1. The van der Waals surface area contributed by atoms with Gasteiger partial charge in [0, 0.05) is 25.0 Å². The van der Waals surface area contributed by atoms with E-state index in [2.05, 4.69) is 24.1 Å². The molecule has 0 heterocycles. The fraction of sp³-hybridized carbons (Fsp3) is 0.474. The Morgan fingerprint density at radius 2 is 2.00 bits per heavy atom. The summed E-state index contributed by atoms with van der Waals surface area (Å²) in [5.41, 5.74) is 3.04. The third-order valence-corrected chi connectivity index (χ3v) is 3.84. The van der Waals surface area contributed by atoms with E-state index in [9.17, 15) is 10.1 Å².